The Bertz CT molecular complexity index is 620. The van der Waals surface area contributed by atoms with Gasteiger partial charge in [0, 0.05) is 6.54 Å². The Morgan fingerprint density at radius 2 is 1.92 bits per heavy atom. The zero-order valence-corrected chi connectivity index (χ0v) is 15.1. The maximum Gasteiger partial charge on any atom is 0.410 e. The summed E-state index contributed by atoms with van der Waals surface area (Å²) in [6.45, 7) is 4.84. The van der Waals surface area contributed by atoms with Crippen molar-refractivity contribution in [3.05, 3.63) is 35.9 Å². The van der Waals surface area contributed by atoms with Gasteiger partial charge in [-0.1, -0.05) is 30.3 Å². The number of aliphatic hydroxyl groups excluding tert-OH is 1. The van der Waals surface area contributed by atoms with Crippen molar-refractivity contribution < 1.29 is 28.6 Å². The van der Waals surface area contributed by atoms with Gasteiger partial charge < -0.3 is 24.8 Å². The average Bonchev–Trinajstić information content (AvgIpc) is 2.56. The van der Waals surface area contributed by atoms with Crippen molar-refractivity contribution in [1.29, 1.82) is 0 Å². The maximum absolute atomic E-state index is 14.2. The van der Waals surface area contributed by atoms with E-state index in [1.54, 1.807) is 32.9 Å². The molecule has 1 aromatic rings. The van der Waals surface area contributed by atoms with Gasteiger partial charge in [0.2, 0.25) is 0 Å². The molecule has 1 aromatic carbocycles. The Kier molecular flexibility index (Phi) is 6.42. The second kappa shape index (κ2) is 8.35. The molecule has 144 valence electrons. The number of piperidine rings is 1. The molecule has 0 aromatic heterocycles. The summed E-state index contributed by atoms with van der Waals surface area (Å²) >= 11 is 0. The third-order valence-corrected chi connectivity index (χ3v) is 3.74. The van der Waals surface area contributed by atoms with E-state index in [4.69, 9.17) is 9.47 Å². The van der Waals surface area contributed by atoms with Crippen LogP contribution in [0.1, 0.15) is 26.3 Å². The van der Waals surface area contributed by atoms with Gasteiger partial charge in [-0.3, -0.25) is 0 Å². The number of β-amino-alcohol motifs (C(OH)–C–C–N with tert-alkyl or cyclic N) is 1. The molecule has 0 spiro atoms. The Balaban J connectivity index is 1.91. The highest BCUT2D eigenvalue weighted by Gasteiger charge is 2.40. The molecule has 1 aliphatic heterocycles. The zero-order valence-electron chi connectivity index (χ0n) is 15.1. The van der Waals surface area contributed by atoms with Crippen LogP contribution in [-0.2, 0) is 16.1 Å². The number of carbonyl (C=O) groups is 2. The molecule has 0 aliphatic carbocycles. The second-order valence-corrected chi connectivity index (χ2v) is 7.21. The lowest BCUT2D eigenvalue weighted by Crippen LogP contribution is -2.61. The van der Waals surface area contributed by atoms with Crippen molar-refractivity contribution in [2.45, 2.75) is 51.3 Å². The minimum atomic E-state index is -1.71. The van der Waals surface area contributed by atoms with Crippen molar-refractivity contribution in [3.8, 4) is 0 Å². The minimum Gasteiger partial charge on any atom is -0.445 e. The largest absolute Gasteiger partial charge is 0.445 e. The van der Waals surface area contributed by atoms with Crippen LogP contribution >= 0.6 is 0 Å². The van der Waals surface area contributed by atoms with Gasteiger partial charge in [-0.2, -0.15) is 0 Å². The van der Waals surface area contributed by atoms with Crippen molar-refractivity contribution in [2.75, 3.05) is 13.1 Å². The van der Waals surface area contributed by atoms with Gasteiger partial charge in [-0.05, 0) is 26.3 Å². The Morgan fingerprint density at radius 1 is 1.27 bits per heavy atom. The molecule has 0 radical (unpaired) electrons. The summed E-state index contributed by atoms with van der Waals surface area (Å²) in [4.78, 5) is 25.2. The molecule has 1 heterocycles. The number of carbonyl (C=O) groups excluding carboxylic acids is 2. The Labute approximate surface area is 152 Å². The third kappa shape index (κ3) is 5.87. The molecule has 1 aliphatic rings. The van der Waals surface area contributed by atoms with Gasteiger partial charge in [0.25, 0.3) is 0 Å². The van der Waals surface area contributed by atoms with Crippen LogP contribution in [0.2, 0.25) is 0 Å². The first-order valence-corrected chi connectivity index (χ1v) is 8.43. The standard InChI is InChI=1S/C18H25FN2O5/c1-18(2,3)26-17(24)21-9-13(15(19)14(22)10-21)20-16(23)25-11-12-7-5-4-6-8-12/h4-8,13-15,22H,9-11H2,1-3H3,(H,20,23)/t13-,14+,15+/m0/s1. The third-order valence-electron chi connectivity index (χ3n) is 3.74. The number of rotatable bonds is 3. The van der Waals surface area contributed by atoms with Gasteiger partial charge in [0.15, 0.2) is 0 Å². The van der Waals surface area contributed by atoms with Gasteiger partial charge >= 0.3 is 12.2 Å². The second-order valence-electron chi connectivity index (χ2n) is 7.21. The van der Waals surface area contributed by atoms with Crippen LogP contribution in [0.15, 0.2) is 30.3 Å². The van der Waals surface area contributed by atoms with E-state index in [0.29, 0.717) is 0 Å². The summed E-state index contributed by atoms with van der Waals surface area (Å²) in [6.07, 6.45) is -4.62. The van der Waals surface area contributed by atoms with E-state index >= 15 is 0 Å². The van der Waals surface area contributed by atoms with Gasteiger partial charge in [-0.25, -0.2) is 14.0 Å². The number of benzene rings is 1. The summed E-state index contributed by atoms with van der Waals surface area (Å²) in [5.41, 5.74) is 0.0742. The number of hydrogen-bond acceptors (Lipinski definition) is 5. The van der Waals surface area contributed by atoms with E-state index in [1.165, 1.54) is 4.90 Å². The van der Waals surface area contributed by atoms with Crippen LogP contribution in [0, 0.1) is 0 Å². The van der Waals surface area contributed by atoms with Crippen molar-refractivity contribution >= 4 is 12.2 Å². The molecule has 2 amide bonds. The fourth-order valence-corrected chi connectivity index (χ4v) is 2.52. The summed E-state index contributed by atoms with van der Waals surface area (Å²) in [5.74, 6) is 0. The SMILES string of the molecule is CC(C)(C)OC(=O)N1C[C@@H](O)[C@H](F)[C@@H](NC(=O)OCc2ccccc2)C1. The molecular formula is C18H25FN2O5. The van der Waals surface area contributed by atoms with Gasteiger partial charge in [0.05, 0.1) is 12.6 Å². The predicted octanol–water partition coefficient (Wildman–Crippen LogP) is 2.23. The van der Waals surface area contributed by atoms with Gasteiger partial charge in [0.1, 0.15) is 24.5 Å². The number of alkyl carbamates (subject to hydrolysis) is 1. The first kappa shape index (κ1) is 20.0. The molecule has 26 heavy (non-hydrogen) atoms. The first-order valence-electron chi connectivity index (χ1n) is 8.43. The minimum absolute atomic E-state index is 0.0364. The van der Waals surface area contributed by atoms with Crippen molar-refractivity contribution in [1.82, 2.24) is 10.2 Å². The molecule has 3 atom stereocenters. The number of alkyl halides is 1. The number of ether oxygens (including phenoxy) is 2. The Hall–Kier alpha value is -2.35. The van der Waals surface area contributed by atoms with E-state index in [-0.39, 0.29) is 19.7 Å². The smallest absolute Gasteiger partial charge is 0.410 e. The van der Waals surface area contributed by atoms with Crippen LogP contribution in [0.4, 0.5) is 14.0 Å². The topological polar surface area (TPSA) is 88.1 Å². The maximum atomic E-state index is 14.2. The highest BCUT2D eigenvalue weighted by atomic mass is 19.1. The first-order chi connectivity index (χ1) is 12.2. The normalized spacial score (nSPS) is 23.3. The molecular weight excluding hydrogens is 343 g/mol. The molecule has 2 N–H and O–H groups in total. The van der Waals surface area contributed by atoms with Crippen LogP contribution in [0.25, 0.3) is 0 Å². The zero-order chi connectivity index (χ0) is 19.3. The quantitative estimate of drug-likeness (QED) is 0.854. The Morgan fingerprint density at radius 3 is 2.54 bits per heavy atom. The van der Waals surface area contributed by atoms with Crippen LogP contribution in [-0.4, -0.2) is 59.2 Å². The monoisotopic (exact) mass is 368 g/mol. The summed E-state index contributed by atoms with van der Waals surface area (Å²) < 4.78 is 24.5. The number of nitrogens with zero attached hydrogens (tertiary/aromatic N) is 1. The van der Waals surface area contributed by atoms with Crippen LogP contribution in [0.3, 0.4) is 0 Å². The molecule has 0 saturated carbocycles. The molecule has 2 rings (SSSR count). The lowest BCUT2D eigenvalue weighted by atomic mass is 10.0. The fraction of sp³-hybridized carbons (Fsp3) is 0.556. The van der Waals surface area contributed by atoms with E-state index in [1.807, 2.05) is 18.2 Å². The molecule has 1 fully saturated rings. The summed E-state index contributed by atoms with van der Waals surface area (Å²) in [6, 6.07) is 7.95. The molecule has 0 bridgehead atoms. The number of likely N-dealkylation sites (tertiary alicyclic amines) is 1. The lowest BCUT2D eigenvalue weighted by Gasteiger charge is -2.38. The fourth-order valence-electron chi connectivity index (χ4n) is 2.52. The van der Waals surface area contributed by atoms with Crippen LogP contribution in [0.5, 0.6) is 0 Å². The molecule has 8 heteroatoms. The highest BCUT2D eigenvalue weighted by Crippen LogP contribution is 2.18. The van der Waals surface area contributed by atoms with Crippen LogP contribution < -0.4 is 5.32 Å². The average molecular weight is 368 g/mol. The number of hydrogen-bond donors (Lipinski definition) is 2. The predicted molar refractivity (Wildman–Crippen MR) is 92.3 cm³/mol. The van der Waals surface area contributed by atoms with E-state index in [2.05, 4.69) is 5.32 Å². The number of amides is 2. The van der Waals surface area contributed by atoms with E-state index < -0.39 is 36.1 Å². The summed E-state index contributed by atoms with van der Waals surface area (Å²) in [5, 5.41) is 12.2. The number of aliphatic hydroxyl groups is 1. The highest BCUT2D eigenvalue weighted by molar-refractivity contribution is 5.70. The van der Waals surface area contributed by atoms with Gasteiger partial charge in [-0.15, -0.1) is 0 Å². The van der Waals surface area contributed by atoms with E-state index in [9.17, 15) is 19.1 Å². The van der Waals surface area contributed by atoms with Crippen molar-refractivity contribution in [2.24, 2.45) is 0 Å². The lowest BCUT2D eigenvalue weighted by molar-refractivity contribution is -0.0334. The number of halogens is 1. The van der Waals surface area contributed by atoms with Crippen molar-refractivity contribution in [3.63, 3.8) is 0 Å². The molecule has 0 unspecified atom stereocenters. The molecule has 7 nitrogen and oxygen atoms in total. The summed E-state index contributed by atoms with van der Waals surface area (Å²) in [7, 11) is 0. The number of nitrogens with one attached hydrogen (secondary N) is 1. The molecule has 1 saturated heterocycles. The van der Waals surface area contributed by atoms with E-state index in [0.717, 1.165) is 5.56 Å².